The smallest absolute Gasteiger partial charge is 0.233 e. The summed E-state index contributed by atoms with van der Waals surface area (Å²) < 4.78 is 0.865. The quantitative estimate of drug-likeness (QED) is 0.828. The summed E-state index contributed by atoms with van der Waals surface area (Å²) in [4.78, 5) is 23.7. The molecule has 108 valence electrons. The largest absolute Gasteiger partial charge is 0.326 e. The van der Waals surface area contributed by atoms with Crippen LogP contribution in [0.15, 0.2) is 53.0 Å². The van der Waals surface area contributed by atoms with Crippen LogP contribution in [0.2, 0.25) is 0 Å². The van der Waals surface area contributed by atoms with E-state index in [0.717, 1.165) is 15.7 Å². The van der Waals surface area contributed by atoms with Gasteiger partial charge in [-0.1, -0.05) is 40.2 Å². The Labute approximate surface area is 131 Å². The van der Waals surface area contributed by atoms with Gasteiger partial charge in [-0.3, -0.25) is 9.59 Å². The van der Waals surface area contributed by atoms with Crippen LogP contribution in [0.3, 0.4) is 0 Å². The summed E-state index contributed by atoms with van der Waals surface area (Å²) in [7, 11) is 0. The van der Waals surface area contributed by atoms with E-state index in [1.165, 1.54) is 0 Å². The molecule has 0 atom stereocenters. The van der Waals surface area contributed by atoms with Crippen LogP contribution >= 0.6 is 15.9 Å². The number of anilines is 2. The van der Waals surface area contributed by atoms with Crippen LogP contribution in [0.5, 0.6) is 0 Å². The lowest BCUT2D eigenvalue weighted by Gasteiger charge is -2.08. The molecule has 0 bridgehead atoms. The Morgan fingerprint density at radius 2 is 1.71 bits per heavy atom. The Morgan fingerprint density at radius 3 is 2.43 bits per heavy atom. The van der Waals surface area contributed by atoms with Crippen molar-refractivity contribution in [2.45, 2.75) is 13.3 Å². The van der Waals surface area contributed by atoms with Gasteiger partial charge >= 0.3 is 0 Å². The molecule has 0 aliphatic heterocycles. The predicted octanol–water partition coefficient (Wildman–Crippen LogP) is 3.72. The van der Waals surface area contributed by atoms with Crippen molar-refractivity contribution < 1.29 is 9.59 Å². The Kier molecular flexibility index (Phi) is 5.11. The van der Waals surface area contributed by atoms with E-state index in [2.05, 4.69) is 26.6 Å². The van der Waals surface area contributed by atoms with E-state index in [-0.39, 0.29) is 18.2 Å². The van der Waals surface area contributed by atoms with Crippen LogP contribution in [0.4, 0.5) is 11.4 Å². The van der Waals surface area contributed by atoms with E-state index in [0.29, 0.717) is 5.69 Å². The molecule has 21 heavy (non-hydrogen) atoms. The van der Waals surface area contributed by atoms with E-state index in [1.807, 2.05) is 37.3 Å². The molecule has 2 aromatic rings. The van der Waals surface area contributed by atoms with E-state index in [9.17, 15) is 9.59 Å². The van der Waals surface area contributed by atoms with Crippen LogP contribution in [-0.2, 0) is 9.59 Å². The van der Waals surface area contributed by atoms with Gasteiger partial charge in [-0.25, -0.2) is 0 Å². The molecule has 0 saturated carbocycles. The molecule has 0 aromatic heterocycles. The SMILES string of the molecule is Cc1ccccc1NC(=O)CC(=O)Nc1cccc(Br)c1. The minimum Gasteiger partial charge on any atom is -0.326 e. The van der Waals surface area contributed by atoms with E-state index < -0.39 is 0 Å². The Hall–Kier alpha value is -2.14. The Balaban J connectivity index is 1.91. The minimum atomic E-state index is -0.348. The zero-order valence-corrected chi connectivity index (χ0v) is 13.1. The molecule has 0 aliphatic rings. The summed E-state index contributed by atoms with van der Waals surface area (Å²) >= 11 is 3.32. The average molecular weight is 347 g/mol. The number of halogens is 1. The third-order valence-electron chi connectivity index (χ3n) is 2.85. The maximum Gasteiger partial charge on any atom is 0.233 e. The van der Waals surface area contributed by atoms with Gasteiger partial charge < -0.3 is 10.6 Å². The summed E-state index contributed by atoms with van der Waals surface area (Å²) in [5.41, 5.74) is 2.33. The molecule has 0 saturated heterocycles. The molecule has 2 amide bonds. The number of rotatable bonds is 4. The molecule has 0 radical (unpaired) electrons. The first-order valence-electron chi connectivity index (χ1n) is 6.45. The summed E-state index contributed by atoms with van der Waals surface area (Å²) in [5.74, 6) is -0.684. The number of aryl methyl sites for hydroxylation is 1. The van der Waals surface area contributed by atoms with Crippen molar-refractivity contribution in [1.29, 1.82) is 0 Å². The highest BCUT2D eigenvalue weighted by molar-refractivity contribution is 9.10. The molecule has 2 rings (SSSR count). The second-order valence-corrected chi connectivity index (χ2v) is 5.51. The standard InChI is InChI=1S/C16H15BrN2O2/c1-11-5-2-3-8-14(11)19-16(21)10-15(20)18-13-7-4-6-12(17)9-13/h2-9H,10H2,1H3,(H,18,20)(H,19,21). The van der Waals surface area contributed by atoms with Gasteiger partial charge in [-0.2, -0.15) is 0 Å². The van der Waals surface area contributed by atoms with Gasteiger partial charge in [0.1, 0.15) is 6.42 Å². The van der Waals surface area contributed by atoms with E-state index in [4.69, 9.17) is 0 Å². The molecule has 0 aliphatic carbocycles. The van der Waals surface area contributed by atoms with E-state index >= 15 is 0 Å². The first-order valence-corrected chi connectivity index (χ1v) is 7.25. The van der Waals surface area contributed by atoms with Crippen LogP contribution in [-0.4, -0.2) is 11.8 Å². The lowest BCUT2D eigenvalue weighted by Crippen LogP contribution is -2.21. The fourth-order valence-corrected chi connectivity index (χ4v) is 2.22. The number of para-hydroxylation sites is 1. The highest BCUT2D eigenvalue weighted by Gasteiger charge is 2.10. The van der Waals surface area contributed by atoms with Gasteiger partial charge in [0.2, 0.25) is 11.8 Å². The highest BCUT2D eigenvalue weighted by atomic mass is 79.9. The lowest BCUT2D eigenvalue weighted by atomic mass is 10.2. The summed E-state index contributed by atoms with van der Waals surface area (Å²) in [6.07, 6.45) is -0.221. The zero-order chi connectivity index (χ0) is 15.2. The van der Waals surface area contributed by atoms with Crippen molar-refractivity contribution in [3.63, 3.8) is 0 Å². The predicted molar refractivity (Wildman–Crippen MR) is 87.2 cm³/mol. The third-order valence-corrected chi connectivity index (χ3v) is 3.34. The molecular weight excluding hydrogens is 332 g/mol. The zero-order valence-electron chi connectivity index (χ0n) is 11.5. The van der Waals surface area contributed by atoms with E-state index in [1.54, 1.807) is 18.2 Å². The van der Waals surface area contributed by atoms with Crippen molar-refractivity contribution in [2.75, 3.05) is 10.6 Å². The second-order valence-electron chi connectivity index (χ2n) is 4.60. The number of carbonyl (C=O) groups excluding carboxylic acids is 2. The molecule has 0 fully saturated rings. The molecule has 5 heteroatoms. The maximum absolute atomic E-state index is 11.9. The first-order chi connectivity index (χ1) is 10.0. The van der Waals surface area contributed by atoms with Crippen molar-refractivity contribution >= 4 is 39.1 Å². The number of hydrogen-bond donors (Lipinski definition) is 2. The molecule has 0 unspecified atom stereocenters. The topological polar surface area (TPSA) is 58.2 Å². The molecule has 0 spiro atoms. The lowest BCUT2D eigenvalue weighted by molar-refractivity contribution is -0.123. The Bertz CT molecular complexity index is 671. The Morgan fingerprint density at radius 1 is 1.00 bits per heavy atom. The van der Waals surface area contributed by atoms with Crippen LogP contribution in [0.25, 0.3) is 0 Å². The summed E-state index contributed by atoms with van der Waals surface area (Å²) in [6.45, 7) is 1.90. The first kappa shape index (κ1) is 15.3. The van der Waals surface area contributed by atoms with Crippen LogP contribution in [0, 0.1) is 6.92 Å². The highest BCUT2D eigenvalue weighted by Crippen LogP contribution is 2.16. The van der Waals surface area contributed by atoms with Gasteiger partial charge in [0.15, 0.2) is 0 Å². The molecule has 2 aromatic carbocycles. The third kappa shape index (κ3) is 4.72. The van der Waals surface area contributed by atoms with Gasteiger partial charge in [0, 0.05) is 15.8 Å². The van der Waals surface area contributed by atoms with Crippen LogP contribution < -0.4 is 10.6 Å². The molecule has 0 heterocycles. The van der Waals surface area contributed by atoms with Crippen molar-refractivity contribution in [2.24, 2.45) is 0 Å². The fraction of sp³-hybridized carbons (Fsp3) is 0.125. The van der Waals surface area contributed by atoms with Crippen molar-refractivity contribution in [3.05, 3.63) is 58.6 Å². The van der Waals surface area contributed by atoms with Gasteiger partial charge in [-0.15, -0.1) is 0 Å². The number of nitrogens with one attached hydrogen (secondary N) is 2. The number of benzene rings is 2. The summed E-state index contributed by atoms with van der Waals surface area (Å²) in [6, 6.07) is 14.7. The molecular formula is C16H15BrN2O2. The minimum absolute atomic E-state index is 0.221. The maximum atomic E-state index is 11.9. The average Bonchev–Trinajstić information content (AvgIpc) is 2.41. The number of carbonyl (C=O) groups is 2. The number of hydrogen-bond acceptors (Lipinski definition) is 2. The van der Waals surface area contributed by atoms with Crippen LogP contribution in [0.1, 0.15) is 12.0 Å². The normalized spacial score (nSPS) is 10.0. The molecule has 4 nitrogen and oxygen atoms in total. The number of amides is 2. The summed E-state index contributed by atoms with van der Waals surface area (Å²) in [5, 5.41) is 5.41. The van der Waals surface area contributed by atoms with Gasteiger partial charge in [0.25, 0.3) is 0 Å². The van der Waals surface area contributed by atoms with Crippen molar-refractivity contribution in [1.82, 2.24) is 0 Å². The van der Waals surface area contributed by atoms with Gasteiger partial charge in [-0.05, 0) is 36.8 Å². The molecule has 2 N–H and O–H groups in total. The van der Waals surface area contributed by atoms with Gasteiger partial charge in [0.05, 0.1) is 0 Å². The fourth-order valence-electron chi connectivity index (χ4n) is 1.82. The second kappa shape index (κ2) is 7.04. The monoisotopic (exact) mass is 346 g/mol. The van der Waals surface area contributed by atoms with Crippen molar-refractivity contribution in [3.8, 4) is 0 Å².